The number of aliphatic hydroxyl groups excluding tert-OH is 1. The lowest BCUT2D eigenvalue weighted by Crippen LogP contribution is -2.45. The number of quaternary nitrogens is 1. The first-order valence-electron chi connectivity index (χ1n) is 17.7. The lowest BCUT2D eigenvalue weighted by atomic mass is 10.0. The number of carbonyl (C=O) groups is 1. The van der Waals surface area contributed by atoms with Crippen LogP contribution in [-0.4, -0.2) is 73.4 Å². The second kappa shape index (κ2) is 28.2. The summed E-state index contributed by atoms with van der Waals surface area (Å²) in [6.07, 6.45) is 29.6. The molecule has 3 atom stereocenters. The number of hydrogen-bond acceptors (Lipinski definition) is 5. The van der Waals surface area contributed by atoms with Gasteiger partial charge in [-0.15, -0.1) is 0 Å². The van der Waals surface area contributed by atoms with Crippen molar-refractivity contribution in [3.05, 3.63) is 24.3 Å². The van der Waals surface area contributed by atoms with Gasteiger partial charge in [-0.2, -0.15) is 0 Å². The maximum absolute atomic E-state index is 12.7. The number of phosphoric ester groups is 1. The van der Waals surface area contributed by atoms with Crippen LogP contribution in [0.25, 0.3) is 0 Å². The third-order valence-electron chi connectivity index (χ3n) is 7.67. The van der Waals surface area contributed by atoms with Gasteiger partial charge in [0.25, 0.3) is 0 Å². The molecule has 44 heavy (non-hydrogen) atoms. The van der Waals surface area contributed by atoms with Crippen LogP contribution in [0.3, 0.4) is 0 Å². The zero-order valence-corrected chi connectivity index (χ0v) is 30.0. The summed E-state index contributed by atoms with van der Waals surface area (Å²) in [4.78, 5) is 22.9. The molecule has 0 radical (unpaired) electrons. The van der Waals surface area contributed by atoms with Crippen molar-refractivity contribution < 1.29 is 32.9 Å². The van der Waals surface area contributed by atoms with E-state index in [1.807, 2.05) is 27.2 Å². The quantitative estimate of drug-likeness (QED) is 0.0302. The Kier molecular flexibility index (Phi) is 27.6. The van der Waals surface area contributed by atoms with Gasteiger partial charge in [0.1, 0.15) is 13.2 Å². The smallest absolute Gasteiger partial charge is 0.387 e. The Balaban J connectivity index is 4.65. The number of hydrogen-bond donors (Lipinski definition) is 3. The zero-order chi connectivity index (χ0) is 32.9. The summed E-state index contributed by atoms with van der Waals surface area (Å²) in [6, 6.07) is -0.854. The Morgan fingerprint density at radius 3 is 1.82 bits per heavy atom. The predicted molar refractivity (Wildman–Crippen MR) is 185 cm³/mol. The van der Waals surface area contributed by atoms with Crippen LogP contribution in [0.2, 0.25) is 0 Å². The molecule has 9 heteroatoms. The van der Waals surface area contributed by atoms with Crippen molar-refractivity contribution in [1.82, 2.24) is 5.32 Å². The Morgan fingerprint density at radius 2 is 1.25 bits per heavy atom. The van der Waals surface area contributed by atoms with E-state index in [-0.39, 0.29) is 19.1 Å². The Hall–Kier alpha value is -1.02. The van der Waals surface area contributed by atoms with Crippen molar-refractivity contribution >= 4 is 13.7 Å². The third kappa shape index (κ3) is 29.7. The highest BCUT2D eigenvalue weighted by molar-refractivity contribution is 7.47. The summed E-state index contributed by atoms with van der Waals surface area (Å²) in [5.41, 5.74) is 0. The monoisotopic (exact) mass is 645 g/mol. The van der Waals surface area contributed by atoms with Crippen molar-refractivity contribution in [3.63, 3.8) is 0 Å². The normalized spacial score (nSPS) is 15.2. The SMILES string of the molecule is CCCCCCC/C=C/CC/C=C/[C@@H](O)[C@H](COP(=O)(O)OCC[N+](C)(C)C)NC(=O)CCCCCCCCCCCCC. The number of amides is 1. The fourth-order valence-corrected chi connectivity index (χ4v) is 5.50. The number of phosphoric acid groups is 1. The number of allylic oxidation sites excluding steroid dienone is 3. The Labute approximate surface area is 271 Å². The zero-order valence-electron chi connectivity index (χ0n) is 29.1. The van der Waals surface area contributed by atoms with Crippen LogP contribution in [0.5, 0.6) is 0 Å². The van der Waals surface area contributed by atoms with Gasteiger partial charge in [-0.25, -0.2) is 4.57 Å². The fourth-order valence-electron chi connectivity index (χ4n) is 4.76. The number of likely N-dealkylation sites (N-methyl/N-ethyl adjacent to an activating group) is 1. The molecule has 0 aromatic rings. The average molecular weight is 646 g/mol. The minimum absolute atomic E-state index is 0.0574. The van der Waals surface area contributed by atoms with Crippen molar-refractivity contribution in [2.45, 2.75) is 154 Å². The van der Waals surface area contributed by atoms with E-state index in [2.05, 4.69) is 31.3 Å². The molecule has 1 amide bonds. The lowest BCUT2D eigenvalue weighted by molar-refractivity contribution is -0.870. The number of carbonyl (C=O) groups excluding carboxylic acids is 1. The first kappa shape index (κ1) is 43.0. The van der Waals surface area contributed by atoms with E-state index in [9.17, 15) is 19.4 Å². The number of nitrogens with one attached hydrogen (secondary N) is 1. The molecule has 0 saturated carbocycles. The highest BCUT2D eigenvalue weighted by atomic mass is 31.2. The lowest BCUT2D eigenvalue weighted by Gasteiger charge is -2.25. The van der Waals surface area contributed by atoms with Gasteiger partial charge in [-0.05, 0) is 32.1 Å². The van der Waals surface area contributed by atoms with E-state index >= 15 is 0 Å². The van der Waals surface area contributed by atoms with Gasteiger partial charge in [0, 0.05) is 6.42 Å². The average Bonchev–Trinajstić information content (AvgIpc) is 2.95. The molecule has 0 heterocycles. The highest BCUT2D eigenvalue weighted by Gasteiger charge is 2.27. The highest BCUT2D eigenvalue weighted by Crippen LogP contribution is 2.43. The van der Waals surface area contributed by atoms with Gasteiger partial charge in [0.05, 0.1) is 39.9 Å². The molecule has 0 fully saturated rings. The van der Waals surface area contributed by atoms with E-state index in [0.717, 1.165) is 38.5 Å². The molecule has 0 aromatic heterocycles. The van der Waals surface area contributed by atoms with Crippen molar-refractivity contribution in [3.8, 4) is 0 Å². The summed E-state index contributed by atoms with van der Waals surface area (Å²) in [6.45, 7) is 4.73. The van der Waals surface area contributed by atoms with Gasteiger partial charge in [0.2, 0.25) is 5.91 Å². The molecule has 0 rings (SSSR count). The van der Waals surface area contributed by atoms with Crippen LogP contribution in [0.15, 0.2) is 24.3 Å². The van der Waals surface area contributed by atoms with Crippen molar-refractivity contribution in [2.24, 2.45) is 0 Å². The van der Waals surface area contributed by atoms with Crippen LogP contribution in [0, 0.1) is 0 Å². The minimum Gasteiger partial charge on any atom is -0.387 e. The summed E-state index contributed by atoms with van der Waals surface area (Å²) in [5, 5.41) is 13.7. The fraction of sp³-hybridized carbons (Fsp3) is 0.857. The van der Waals surface area contributed by atoms with E-state index in [1.165, 1.54) is 83.5 Å². The molecule has 0 aliphatic heterocycles. The Bertz CT molecular complexity index is 784. The third-order valence-corrected chi connectivity index (χ3v) is 8.66. The molecule has 8 nitrogen and oxygen atoms in total. The first-order chi connectivity index (χ1) is 21.0. The number of rotatable bonds is 31. The summed E-state index contributed by atoms with van der Waals surface area (Å²) in [5.74, 6) is -0.192. The first-order valence-corrected chi connectivity index (χ1v) is 19.2. The summed E-state index contributed by atoms with van der Waals surface area (Å²) < 4.78 is 23.3. The van der Waals surface area contributed by atoms with E-state index in [0.29, 0.717) is 17.4 Å². The minimum atomic E-state index is -4.33. The van der Waals surface area contributed by atoms with Crippen molar-refractivity contribution in [2.75, 3.05) is 40.9 Å². The Morgan fingerprint density at radius 1 is 0.750 bits per heavy atom. The van der Waals surface area contributed by atoms with Gasteiger partial charge >= 0.3 is 7.82 Å². The number of aliphatic hydroxyl groups is 1. The molecule has 3 N–H and O–H groups in total. The molecule has 260 valence electrons. The predicted octanol–water partition coefficient (Wildman–Crippen LogP) is 8.63. The van der Waals surface area contributed by atoms with Gasteiger partial charge in [0.15, 0.2) is 0 Å². The number of nitrogens with zero attached hydrogens (tertiary/aromatic N) is 1. The molecule has 0 aromatic carbocycles. The molecular formula is C35H70N2O6P+. The van der Waals surface area contributed by atoms with Crippen LogP contribution < -0.4 is 5.32 Å². The molecule has 0 bridgehead atoms. The van der Waals surface area contributed by atoms with Crippen LogP contribution >= 0.6 is 7.82 Å². The molecular weight excluding hydrogens is 575 g/mol. The van der Waals surface area contributed by atoms with Crippen LogP contribution in [0.1, 0.15) is 142 Å². The van der Waals surface area contributed by atoms with Crippen LogP contribution in [-0.2, 0) is 18.4 Å². The van der Waals surface area contributed by atoms with Gasteiger partial charge < -0.3 is 19.8 Å². The van der Waals surface area contributed by atoms with Gasteiger partial charge in [-0.3, -0.25) is 13.8 Å². The number of unbranched alkanes of at least 4 members (excludes halogenated alkanes) is 16. The summed E-state index contributed by atoms with van der Waals surface area (Å²) in [7, 11) is 1.55. The largest absolute Gasteiger partial charge is 0.472 e. The molecule has 0 spiro atoms. The van der Waals surface area contributed by atoms with E-state index in [1.54, 1.807) is 6.08 Å². The topological polar surface area (TPSA) is 105 Å². The van der Waals surface area contributed by atoms with Crippen LogP contribution in [0.4, 0.5) is 0 Å². The van der Waals surface area contributed by atoms with E-state index < -0.39 is 20.0 Å². The second-order valence-electron chi connectivity index (χ2n) is 13.2. The molecule has 0 aliphatic rings. The van der Waals surface area contributed by atoms with E-state index in [4.69, 9.17) is 9.05 Å². The second-order valence-corrected chi connectivity index (χ2v) is 14.7. The molecule has 0 aliphatic carbocycles. The van der Waals surface area contributed by atoms with Crippen molar-refractivity contribution in [1.29, 1.82) is 0 Å². The molecule has 1 unspecified atom stereocenters. The maximum atomic E-state index is 12.7. The standard InChI is InChI=1S/C35H69N2O6P/c1-6-8-10-12-14-16-18-20-22-24-26-28-34(38)33(32-43-44(40,41)42-31-30-37(3,4)5)36-35(39)29-27-25-23-21-19-17-15-13-11-9-7-2/h18,20,26,28,33-34,38H,6-17,19,21-25,27,29-32H2,1-5H3,(H-,36,39,40,41)/p+1/b20-18+,28-26+/t33-,34+/m0/s1. The summed E-state index contributed by atoms with van der Waals surface area (Å²) >= 11 is 0. The van der Waals surface area contributed by atoms with Gasteiger partial charge in [-0.1, -0.05) is 128 Å². The maximum Gasteiger partial charge on any atom is 0.472 e. The molecule has 0 saturated heterocycles.